The molecule has 1 aliphatic rings. The highest BCUT2D eigenvalue weighted by atomic mass is 35.5. The normalized spacial score (nSPS) is 13.9. The van der Waals surface area contributed by atoms with Crippen LogP contribution in [-0.4, -0.2) is 52.2 Å². The number of amides is 4. The molecule has 0 saturated carbocycles. The van der Waals surface area contributed by atoms with Crippen LogP contribution in [0.4, 0.5) is 4.79 Å². The van der Waals surface area contributed by atoms with Crippen LogP contribution in [0.3, 0.4) is 0 Å². The second-order valence-electron chi connectivity index (χ2n) is 6.48. The molecule has 0 aliphatic carbocycles. The van der Waals surface area contributed by atoms with Gasteiger partial charge in [-0.2, -0.15) is 5.10 Å². The molecule has 2 N–H and O–H groups in total. The fourth-order valence-corrected chi connectivity index (χ4v) is 2.95. The Kier molecular flexibility index (Phi) is 6.61. The summed E-state index contributed by atoms with van der Waals surface area (Å²) in [5.74, 6) is -0.564. The van der Waals surface area contributed by atoms with Gasteiger partial charge in [0, 0.05) is 49.1 Å². The molecule has 2 aromatic rings. The average Bonchev–Trinajstić information content (AvgIpc) is 2.69. The van der Waals surface area contributed by atoms with Gasteiger partial charge >= 0.3 is 6.03 Å². The highest BCUT2D eigenvalue weighted by molar-refractivity contribution is 6.30. The predicted molar refractivity (Wildman–Crippen MR) is 106 cm³/mol. The van der Waals surface area contributed by atoms with Gasteiger partial charge in [0.25, 0.3) is 5.56 Å². The lowest BCUT2D eigenvalue weighted by atomic mass is 10.1. The lowest BCUT2D eigenvalue weighted by Gasteiger charge is -2.26. The molecule has 1 aliphatic heterocycles. The van der Waals surface area contributed by atoms with E-state index in [9.17, 15) is 19.2 Å². The number of carbonyl (C=O) groups excluding carboxylic acids is 3. The summed E-state index contributed by atoms with van der Waals surface area (Å²) in [6, 6.07) is 9.68. The molecule has 29 heavy (non-hydrogen) atoms. The number of imide groups is 1. The second-order valence-corrected chi connectivity index (χ2v) is 6.91. The Labute approximate surface area is 171 Å². The van der Waals surface area contributed by atoms with Crippen molar-refractivity contribution in [1.82, 2.24) is 25.3 Å². The topological polar surface area (TPSA) is 113 Å². The van der Waals surface area contributed by atoms with Crippen LogP contribution in [0.2, 0.25) is 5.02 Å². The first-order chi connectivity index (χ1) is 13.9. The minimum Gasteiger partial charge on any atom is -0.354 e. The SMILES string of the molecule is O=C(CCN1CCC(=O)NC1=O)NCCn1nc(-c2ccc(Cl)cc2)ccc1=O. The third-order valence-corrected chi connectivity index (χ3v) is 4.66. The lowest BCUT2D eigenvalue weighted by Crippen LogP contribution is -2.50. The number of hydrogen-bond acceptors (Lipinski definition) is 5. The van der Waals surface area contributed by atoms with Crippen molar-refractivity contribution < 1.29 is 14.4 Å². The number of rotatable bonds is 7. The third-order valence-electron chi connectivity index (χ3n) is 4.40. The number of aromatic nitrogens is 2. The largest absolute Gasteiger partial charge is 0.354 e. The molecule has 3 rings (SSSR count). The van der Waals surface area contributed by atoms with Crippen molar-refractivity contribution in [3.8, 4) is 11.3 Å². The maximum atomic E-state index is 12.0. The molecular weight excluding hydrogens is 398 g/mol. The molecule has 0 bridgehead atoms. The first-order valence-corrected chi connectivity index (χ1v) is 9.50. The third kappa shape index (κ3) is 5.64. The van der Waals surface area contributed by atoms with E-state index in [1.54, 1.807) is 18.2 Å². The first kappa shape index (κ1) is 20.5. The maximum absolute atomic E-state index is 12.0. The zero-order valence-electron chi connectivity index (χ0n) is 15.6. The number of urea groups is 1. The van der Waals surface area contributed by atoms with Crippen LogP contribution in [0.5, 0.6) is 0 Å². The van der Waals surface area contributed by atoms with Crippen molar-refractivity contribution in [3.63, 3.8) is 0 Å². The van der Waals surface area contributed by atoms with E-state index in [1.165, 1.54) is 15.6 Å². The molecule has 4 amide bonds. The molecule has 2 heterocycles. The average molecular weight is 418 g/mol. The number of hydrogen-bond donors (Lipinski definition) is 2. The van der Waals surface area contributed by atoms with Crippen molar-refractivity contribution in [2.45, 2.75) is 19.4 Å². The van der Waals surface area contributed by atoms with Gasteiger partial charge in [-0.05, 0) is 18.2 Å². The summed E-state index contributed by atoms with van der Waals surface area (Å²) in [4.78, 5) is 48.2. The van der Waals surface area contributed by atoms with E-state index in [0.717, 1.165) is 5.56 Å². The summed E-state index contributed by atoms with van der Waals surface area (Å²) in [6.07, 6.45) is 0.334. The van der Waals surface area contributed by atoms with E-state index in [1.807, 2.05) is 12.1 Å². The zero-order valence-corrected chi connectivity index (χ0v) is 16.3. The fourth-order valence-electron chi connectivity index (χ4n) is 2.82. The van der Waals surface area contributed by atoms with Gasteiger partial charge in [-0.25, -0.2) is 9.48 Å². The number of nitrogens with zero attached hydrogens (tertiary/aromatic N) is 3. The molecule has 152 valence electrons. The Balaban J connectivity index is 1.49. The Morgan fingerprint density at radius 1 is 1.10 bits per heavy atom. The highest BCUT2D eigenvalue weighted by Crippen LogP contribution is 2.18. The van der Waals surface area contributed by atoms with E-state index in [4.69, 9.17) is 11.6 Å². The van der Waals surface area contributed by atoms with Gasteiger partial charge in [-0.15, -0.1) is 0 Å². The first-order valence-electron chi connectivity index (χ1n) is 9.12. The van der Waals surface area contributed by atoms with Gasteiger partial charge in [0.15, 0.2) is 0 Å². The Hall–Kier alpha value is -3.20. The monoisotopic (exact) mass is 417 g/mol. The summed E-state index contributed by atoms with van der Waals surface area (Å²) in [5.41, 5.74) is 1.18. The summed E-state index contributed by atoms with van der Waals surface area (Å²) in [5, 5.41) is 9.85. The smallest absolute Gasteiger partial charge is 0.324 e. The van der Waals surface area contributed by atoms with E-state index < -0.39 is 6.03 Å². The van der Waals surface area contributed by atoms with Crippen molar-refractivity contribution in [2.75, 3.05) is 19.6 Å². The molecule has 1 aromatic heterocycles. The van der Waals surface area contributed by atoms with Crippen molar-refractivity contribution in [2.24, 2.45) is 0 Å². The molecule has 9 nitrogen and oxygen atoms in total. The molecule has 0 radical (unpaired) electrons. The summed E-state index contributed by atoms with van der Waals surface area (Å²) < 4.78 is 1.29. The maximum Gasteiger partial charge on any atom is 0.324 e. The molecular formula is C19H20ClN5O4. The van der Waals surface area contributed by atoms with Crippen LogP contribution >= 0.6 is 11.6 Å². The van der Waals surface area contributed by atoms with Gasteiger partial charge in [0.05, 0.1) is 12.2 Å². The van der Waals surface area contributed by atoms with Crippen LogP contribution in [-0.2, 0) is 16.1 Å². The molecule has 0 spiro atoms. The standard InChI is InChI=1S/C19H20ClN5O4/c20-14-3-1-13(2-4-14)15-5-6-18(28)25(23-15)12-9-21-16(26)7-10-24-11-8-17(27)22-19(24)29/h1-6H,7-12H2,(H,21,26)(H,22,27,29). The van der Waals surface area contributed by atoms with E-state index in [-0.39, 0.29) is 49.8 Å². The molecule has 10 heteroatoms. The molecule has 1 fully saturated rings. The van der Waals surface area contributed by atoms with Crippen molar-refractivity contribution in [1.29, 1.82) is 0 Å². The van der Waals surface area contributed by atoms with Gasteiger partial charge in [0.1, 0.15) is 0 Å². The lowest BCUT2D eigenvalue weighted by molar-refractivity contribution is -0.121. The van der Waals surface area contributed by atoms with Crippen molar-refractivity contribution in [3.05, 3.63) is 51.8 Å². The van der Waals surface area contributed by atoms with E-state index >= 15 is 0 Å². The summed E-state index contributed by atoms with van der Waals surface area (Å²) >= 11 is 5.89. The van der Waals surface area contributed by atoms with Gasteiger partial charge in [0.2, 0.25) is 11.8 Å². The van der Waals surface area contributed by atoms with E-state index in [2.05, 4.69) is 15.7 Å². The molecule has 1 aromatic carbocycles. The van der Waals surface area contributed by atoms with Crippen LogP contribution in [0.25, 0.3) is 11.3 Å². The number of benzene rings is 1. The minimum atomic E-state index is -0.483. The number of halogens is 1. The summed E-state index contributed by atoms with van der Waals surface area (Å²) in [6.45, 7) is 0.954. The van der Waals surface area contributed by atoms with Gasteiger partial charge in [-0.3, -0.25) is 19.7 Å². The zero-order chi connectivity index (χ0) is 20.8. The summed E-state index contributed by atoms with van der Waals surface area (Å²) in [7, 11) is 0. The Morgan fingerprint density at radius 2 is 1.86 bits per heavy atom. The van der Waals surface area contributed by atoms with Gasteiger partial charge < -0.3 is 10.2 Å². The second kappa shape index (κ2) is 9.33. The minimum absolute atomic E-state index is 0.106. The van der Waals surface area contributed by atoms with Crippen LogP contribution < -0.4 is 16.2 Å². The van der Waals surface area contributed by atoms with E-state index in [0.29, 0.717) is 17.3 Å². The van der Waals surface area contributed by atoms with Crippen LogP contribution in [0.1, 0.15) is 12.8 Å². The Bertz CT molecular complexity index is 973. The van der Waals surface area contributed by atoms with Gasteiger partial charge in [-0.1, -0.05) is 23.7 Å². The van der Waals surface area contributed by atoms with Crippen molar-refractivity contribution >= 4 is 29.4 Å². The fraction of sp³-hybridized carbons (Fsp3) is 0.316. The Morgan fingerprint density at radius 3 is 2.59 bits per heavy atom. The van der Waals surface area contributed by atoms with Crippen LogP contribution in [0.15, 0.2) is 41.2 Å². The van der Waals surface area contributed by atoms with Crippen LogP contribution in [0, 0.1) is 0 Å². The quantitative estimate of drug-likeness (QED) is 0.698. The number of carbonyl (C=O) groups is 3. The molecule has 0 unspecified atom stereocenters. The molecule has 0 atom stereocenters. The predicted octanol–water partition coefficient (Wildman–Crippen LogP) is 1.01. The highest BCUT2D eigenvalue weighted by Gasteiger charge is 2.22. The molecule has 1 saturated heterocycles. The number of nitrogens with one attached hydrogen (secondary N) is 2.